The quantitative estimate of drug-likeness (QED) is 0.400. The van der Waals surface area contributed by atoms with E-state index in [2.05, 4.69) is 0 Å². The summed E-state index contributed by atoms with van der Waals surface area (Å²) in [5.41, 5.74) is 2.00. The summed E-state index contributed by atoms with van der Waals surface area (Å²) in [6, 6.07) is 16.2. The molecule has 1 atom stereocenters. The molecule has 0 aliphatic carbocycles. The first-order valence-electron chi connectivity index (χ1n) is 9.47. The van der Waals surface area contributed by atoms with Gasteiger partial charge in [-0.15, -0.1) is 0 Å². The molecule has 0 aliphatic heterocycles. The summed E-state index contributed by atoms with van der Waals surface area (Å²) >= 11 is 12.3. The van der Waals surface area contributed by atoms with E-state index in [4.69, 9.17) is 32.7 Å². The van der Waals surface area contributed by atoms with E-state index in [1.165, 1.54) is 24.6 Å². The molecular weight excluding hydrogens is 457 g/mol. The van der Waals surface area contributed by atoms with Crippen molar-refractivity contribution >= 4 is 38.9 Å². The van der Waals surface area contributed by atoms with Crippen LogP contribution in [0.3, 0.4) is 0 Å². The third kappa shape index (κ3) is 4.76. The summed E-state index contributed by atoms with van der Waals surface area (Å²) in [6.07, 6.45) is 0. The van der Waals surface area contributed by atoms with Crippen molar-refractivity contribution in [1.29, 1.82) is 0 Å². The van der Waals surface area contributed by atoms with E-state index in [0.29, 0.717) is 27.2 Å². The first kappa shape index (κ1) is 23.3. The Labute approximate surface area is 193 Å². The van der Waals surface area contributed by atoms with Crippen molar-refractivity contribution in [3.8, 4) is 11.5 Å². The Balaban J connectivity index is 2.20. The Morgan fingerprint density at radius 3 is 2.10 bits per heavy atom. The molecule has 0 spiro atoms. The van der Waals surface area contributed by atoms with Crippen LogP contribution in [-0.4, -0.2) is 22.6 Å². The zero-order valence-corrected chi connectivity index (χ0v) is 19.9. The van der Waals surface area contributed by atoms with Crippen molar-refractivity contribution in [1.82, 2.24) is 0 Å². The molecule has 3 aromatic rings. The van der Waals surface area contributed by atoms with Gasteiger partial charge in [0.25, 0.3) is 10.0 Å². The van der Waals surface area contributed by atoms with Gasteiger partial charge in [0.15, 0.2) is 11.5 Å². The van der Waals surface area contributed by atoms with Crippen LogP contribution in [0.2, 0.25) is 10.0 Å². The number of hydrogen-bond donors (Lipinski definition) is 0. The third-order valence-corrected chi connectivity index (χ3v) is 7.58. The van der Waals surface area contributed by atoms with Crippen LogP contribution in [-0.2, 0) is 10.0 Å². The van der Waals surface area contributed by atoms with Gasteiger partial charge in [0.2, 0.25) is 0 Å². The van der Waals surface area contributed by atoms with Gasteiger partial charge in [-0.05, 0) is 61.4 Å². The lowest BCUT2D eigenvalue weighted by molar-refractivity contribution is 0.355. The average molecular weight is 480 g/mol. The minimum Gasteiger partial charge on any atom is -0.493 e. The molecule has 164 valence electrons. The molecule has 0 bridgehead atoms. The van der Waals surface area contributed by atoms with E-state index in [1.54, 1.807) is 54.6 Å². The van der Waals surface area contributed by atoms with Crippen molar-refractivity contribution < 1.29 is 17.9 Å². The van der Waals surface area contributed by atoms with Gasteiger partial charge in [0.1, 0.15) is 0 Å². The van der Waals surface area contributed by atoms with Gasteiger partial charge in [-0.1, -0.05) is 41.4 Å². The van der Waals surface area contributed by atoms with E-state index in [9.17, 15) is 8.42 Å². The van der Waals surface area contributed by atoms with Crippen LogP contribution in [0.1, 0.15) is 24.1 Å². The molecule has 3 aromatic carbocycles. The molecule has 3 rings (SSSR count). The van der Waals surface area contributed by atoms with Crippen LogP contribution in [0.5, 0.6) is 11.5 Å². The Morgan fingerprint density at radius 2 is 1.52 bits per heavy atom. The van der Waals surface area contributed by atoms with Gasteiger partial charge in [-0.25, -0.2) is 8.42 Å². The zero-order chi connectivity index (χ0) is 22.8. The summed E-state index contributed by atoms with van der Waals surface area (Å²) in [5.74, 6) is 0.923. The average Bonchev–Trinajstić information content (AvgIpc) is 2.75. The smallest absolute Gasteiger partial charge is 0.264 e. The number of halogens is 2. The lowest BCUT2D eigenvalue weighted by Gasteiger charge is -2.31. The van der Waals surface area contributed by atoms with E-state index >= 15 is 0 Å². The Morgan fingerprint density at radius 1 is 0.871 bits per heavy atom. The first-order valence-corrected chi connectivity index (χ1v) is 11.7. The molecule has 0 saturated heterocycles. The largest absolute Gasteiger partial charge is 0.493 e. The minimum atomic E-state index is -3.98. The van der Waals surface area contributed by atoms with Crippen molar-refractivity contribution in [2.75, 3.05) is 18.5 Å². The summed E-state index contributed by atoms with van der Waals surface area (Å²) in [5, 5.41) is 0.953. The number of sulfonamides is 1. The fourth-order valence-electron chi connectivity index (χ4n) is 3.26. The van der Waals surface area contributed by atoms with Crippen LogP contribution in [0.4, 0.5) is 5.69 Å². The van der Waals surface area contributed by atoms with Gasteiger partial charge in [-0.2, -0.15) is 0 Å². The molecule has 0 aliphatic rings. The standard InChI is InChI=1S/C23H23Cl2NO4S/c1-15-5-11-20(14-21(15)25)31(27,28)26(16(2)17-6-8-18(24)9-7-17)19-10-12-22(29-3)23(13-19)30-4/h5-14,16H,1-4H3/t16-/m1/s1. The maximum atomic E-state index is 13.8. The third-order valence-electron chi connectivity index (χ3n) is 5.03. The molecule has 0 radical (unpaired) electrons. The second-order valence-corrected chi connectivity index (χ2v) is 9.64. The number of aryl methyl sites for hydroxylation is 1. The fraction of sp³-hybridized carbons (Fsp3) is 0.217. The number of hydrogen-bond acceptors (Lipinski definition) is 4. The summed E-state index contributed by atoms with van der Waals surface area (Å²) < 4.78 is 39.6. The Hall–Kier alpha value is -2.41. The lowest BCUT2D eigenvalue weighted by Crippen LogP contribution is -2.33. The number of nitrogens with zero attached hydrogens (tertiary/aromatic N) is 1. The molecule has 5 nitrogen and oxygen atoms in total. The molecule has 0 amide bonds. The molecular formula is C23H23Cl2NO4S. The van der Waals surface area contributed by atoms with Crippen molar-refractivity contribution in [2.45, 2.75) is 24.8 Å². The number of anilines is 1. The second-order valence-electron chi connectivity index (χ2n) is 6.98. The van der Waals surface area contributed by atoms with Gasteiger partial charge in [-0.3, -0.25) is 4.31 Å². The molecule has 0 saturated carbocycles. The van der Waals surface area contributed by atoms with Gasteiger partial charge in [0.05, 0.1) is 30.8 Å². The van der Waals surface area contributed by atoms with Gasteiger partial charge < -0.3 is 9.47 Å². The fourth-order valence-corrected chi connectivity index (χ4v) is 5.29. The normalized spacial score (nSPS) is 12.3. The number of methoxy groups -OCH3 is 2. The van der Waals surface area contributed by atoms with Crippen molar-refractivity contribution in [3.63, 3.8) is 0 Å². The van der Waals surface area contributed by atoms with Crippen LogP contribution in [0, 0.1) is 6.92 Å². The Bertz CT molecular complexity index is 1180. The minimum absolute atomic E-state index is 0.0960. The summed E-state index contributed by atoms with van der Waals surface area (Å²) in [6.45, 7) is 3.63. The summed E-state index contributed by atoms with van der Waals surface area (Å²) in [4.78, 5) is 0.0960. The predicted molar refractivity (Wildman–Crippen MR) is 125 cm³/mol. The van der Waals surface area contributed by atoms with E-state index < -0.39 is 16.1 Å². The van der Waals surface area contributed by atoms with Crippen LogP contribution < -0.4 is 13.8 Å². The highest BCUT2D eigenvalue weighted by molar-refractivity contribution is 7.92. The molecule has 0 fully saturated rings. The van der Waals surface area contributed by atoms with E-state index in [-0.39, 0.29) is 4.90 Å². The van der Waals surface area contributed by atoms with Crippen LogP contribution >= 0.6 is 23.2 Å². The van der Waals surface area contributed by atoms with E-state index in [0.717, 1.165) is 11.1 Å². The van der Waals surface area contributed by atoms with Gasteiger partial charge >= 0.3 is 0 Å². The second kappa shape index (κ2) is 9.39. The molecule has 31 heavy (non-hydrogen) atoms. The topological polar surface area (TPSA) is 55.8 Å². The predicted octanol–water partition coefficient (Wildman–Crippen LogP) is 6.28. The van der Waals surface area contributed by atoms with E-state index in [1.807, 2.05) is 13.8 Å². The first-order chi connectivity index (χ1) is 14.7. The number of ether oxygens (including phenoxy) is 2. The highest BCUT2D eigenvalue weighted by atomic mass is 35.5. The van der Waals surface area contributed by atoms with Crippen LogP contribution in [0.25, 0.3) is 0 Å². The Kier molecular flexibility index (Phi) is 7.04. The highest BCUT2D eigenvalue weighted by Crippen LogP contribution is 2.39. The highest BCUT2D eigenvalue weighted by Gasteiger charge is 2.31. The maximum Gasteiger partial charge on any atom is 0.264 e. The number of rotatable bonds is 7. The zero-order valence-electron chi connectivity index (χ0n) is 17.6. The van der Waals surface area contributed by atoms with Gasteiger partial charge in [0, 0.05) is 16.1 Å². The SMILES string of the molecule is COc1ccc(N([C@H](C)c2ccc(Cl)cc2)S(=O)(=O)c2ccc(C)c(Cl)c2)cc1OC. The summed E-state index contributed by atoms with van der Waals surface area (Å²) in [7, 11) is -0.949. The van der Waals surface area contributed by atoms with Crippen LogP contribution in [0.15, 0.2) is 65.6 Å². The number of benzene rings is 3. The molecule has 0 N–H and O–H groups in total. The monoisotopic (exact) mass is 479 g/mol. The molecule has 0 unspecified atom stereocenters. The molecule has 8 heteroatoms. The molecule has 0 aromatic heterocycles. The van der Waals surface area contributed by atoms with Crippen molar-refractivity contribution in [3.05, 3.63) is 81.8 Å². The molecule has 0 heterocycles. The van der Waals surface area contributed by atoms with Crippen molar-refractivity contribution in [2.24, 2.45) is 0 Å². The lowest BCUT2D eigenvalue weighted by atomic mass is 10.1. The maximum absolute atomic E-state index is 13.8.